The largest absolute Gasteiger partial charge is 0.322 e. The molecular weight excluding hydrogens is 266 g/mol. The number of halogens is 1. The van der Waals surface area contributed by atoms with Crippen LogP contribution in [0.1, 0.15) is 12.6 Å². The Hall–Kier alpha value is -1.43. The maximum atomic E-state index is 6.34. The molecule has 3 rings (SSSR count). The lowest BCUT2D eigenvalue weighted by Crippen LogP contribution is -2.41. The third-order valence-electron chi connectivity index (χ3n) is 3.10. The Kier molecular flexibility index (Phi) is 3.26. The highest BCUT2D eigenvalue weighted by molar-refractivity contribution is 6.33. The molecule has 0 atom stereocenters. The van der Waals surface area contributed by atoms with Crippen molar-refractivity contribution in [3.63, 3.8) is 0 Å². The summed E-state index contributed by atoms with van der Waals surface area (Å²) in [7, 11) is 0. The Morgan fingerprint density at radius 2 is 2.00 bits per heavy atom. The van der Waals surface area contributed by atoms with Crippen LogP contribution >= 0.6 is 11.6 Å². The first-order valence-corrected chi connectivity index (χ1v) is 6.47. The summed E-state index contributed by atoms with van der Waals surface area (Å²) in [6.45, 7) is 4.34. The molecule has 3 heterocycles. The highest BCUT2D eigenvalue weighted by atomic mass is 35.5. The summed E-state index contributed by atoms with van der Waals surface area (Å²) in [5.74, 6) is 0. The van der Waals surface area contributed by atoms with E-state index in [2.05, 4.69) is 10.1 Å². The first-order chi connectivity index (χ1) is 9.15. The number of aromatic nitrogens is 3. The van der Waals surface area contributed by atoms with Crippen LogP contribution in [0.2, 0.25) is 5.02 Å². The second-order valence-corrected chi connectivity index (χ2v) is 4.81. The van der Waals surface area contributed by atoms with E-state index < -0.39 is 0 Å². The highest BCUT2D eigenvalue weighted by Crippen LogP contribution is 2.30. The zero-order valence-corrected chi connectivity index (χ0v) is 11.5. The molecule has 1 aliphatic heterocycles. The van der Waals surface area contributed by atoms with Crippen LogP contribution in [0.25, 0.3) is 11.3 Å². The zero-order chi connectivity index (χ0) is 13.4. The molecule has 0 unspecified atom stereocenters. The topological polar surface area (TPSA) is 49.2 Å². The van der Waals surface area contributed by atoms with Crippen LogP contribution in [0.4, 0.5) is 0 Å². The summed E-state index contributed by atoms with van der Waals surface area (Å²) in [6, 6.07) is 3.77. The Bertz CT molecular complexity index is 579. The van der Waals surface area contributed by atoms with Gasteiger partial charge in [-0.05, 0) is 26.0 Å². The van der Waals surface area contributed by atoms with E-state index in [4.69, 9.17) is 21.1 Å². The summed E-state index contributed by atoms with van der Waals surface area (Å²) in [5.41, 5.74) is 2.61. The molecule has 2 aromatic rings. The molecule has 0 radical (unpaired) electrons. The van der Waals surface area contributed by atoms with Gasteiger partial charge in [0.05, 0.1) is 17.3 Å². The number of rotatable bonds is 3. The molecule has 100 valence electrons. The maximum absolute atomic E-state index is 6.34. The van der Waals surface area contributed by atoms with Crippen LogP contribution in [0.5, 0.6) is 0 Å². The van der Waals surface area contributed by atoms with Crippen molar-refractivity contribution < 1.29 is 9.47 Å². The molecule has 19 heavy (non-hydrogen) atoms. The Labute approximate surface area is 116 Å². The van der Waals surface area contributed by atoms with Crippen molar-refractivity contribution in [1.29, 1.82) is 0 Å². The van der Waals surface area contributed by atoms with Gasteiger partial charge in [0.1, 0.15) is 5.69 Å². The van der Waals surface area contributed by atoms with E-state index in [9.17, 15) is 0 Å². The first kappa shape index (κ1) is 12.6. The highest BCUT2D eigenvalue weighted by Gasteiger charge is 2.28. The fourth-order valence-electron chi connectivity index (χ4n) is 2.06. The summed E-state index contributed by atoms with van der Waals surface area (Å²) in [6.07, 6.45) is 3.07. The van der Waals surface area contributed by atoms with Crippen molar-refractivity contribution in [3.8, 4) is 11.3 Å². The molecule has 0 saturated carbocycles. The molecule has 5 nitrogen and oxygen atoms in total. The number of pyridine rings is 1. The summed E-state index contributed by atoms with van der Waals surface area (Å²) >= 11 is 6.34. The van der Waals surface area contributed by atoms with Gasteiger partial charge in [-0.2, -0.15) is 5.10 Å². The van der Waals surface area contributed by atoms with Crippen molar-refractivity contribution in [1.82, 2.24) is 14.8 Å². The third-order valence-corrected chi connectivity index (χ3v) is 3.55. The van der Waals surface area contributed by atoms with E-state index in [1.54, 1.807) is 12.4 Å². The van der Waals surface area contributed by atoms with E-state index in [1.165, 1.54) is 0 Å². The van der Waals surface area contributed by atoms with Crippen LogP contribution in [0.15, 0.2) is 24.5 Å². The second-order valence-electron chi connectivity index (χ2n) is 4.44. The lowest BCUT2D eigenvalue weighted by atomic mass is 10.2. The fraction of sp³-hybridized carbons (Fsp3) is 0.385. The van der Waals surface area contributed by atoms with Crippen LogP contribution in [0.3, 0.4) is 0 Å². The minimum absolute atomic E-state index is 0.129. The lowest BCUT2D eigenvalue weighted by molar-refractivity contribution is -0.379. The zero-order valence-electron chi connectivity index (χ0n) is 10.7. The van der Waals surface area contributed by atoms with E-state index in [0.717, 1.165) is 17.0 Å². The van der Waals surface area contributed by atoms with Crippen LogP contribution in [-0.2, 0) is 16.0 Å². The first-order valence-electron chi connectivity index (χ1n) is 6.09. The number of hydrogen-bond acceptors (Lipinski definition) is 4. The lowest BCUT2D eigenvalue weighted by Gasteiger charge is -2.33. The smallest absolute Gasteiger partial charge is 0.183 e. The molecular formula is C13H14ClN3O2. The monoisotopic (exact) mass is 279 g/mol. The van der Waals surface area contributed by atoms with Crippen LogP contribution in [0, 0.1) is 6.92 Å². The van der Waals surface area contributed by atoms with E-state index in [0.29, 0.717) is 11.6 Å². The van der Waals surface area contributed by atoms with Gasteiger partial charge < -0.3 is 9.47 Å². The molecule has 2 aromatic heterocycles. The number of ether oxygens (including phenoxy) is 2. The molecule has 0 aromatic carbocycles. The van der Waals surface area contributed by atoms with Crippen molar-refractivity contribution in [3.05, 3.63) is 35.2 Å². The van der Waals surface area contributed by atoms with Gasteiger partial charge in [-0.1, -0.05) is 11.6 Å². The van der Waals surface area contributed by atoms with Gasteiger partial charge in [0, 0.05) is 18.0 Å². The van der Waals surface area contributed by atoms with Crippen molar-refractivity contribution in [2.45, 2.75) is 33.0 Å². The summed E-state index contributed by atoms with van der Waals surface area (Å²) in [4.78, 5) is 3.99. The van der Waals surface area contributed by atoms with Crippen LogP contribution in [-0.4, -0.2) is 27.3 Å². The van der Waals surface area contributed by atoms with Gasteiger partial charge in [0.2, 0.25) is 0 Å². The molecule has 0 bridgehead atoms. The molecule has 1 fully saturated rings. The molecule has 1 saturated heterocycles. The van der Waals surface area contributed by atoms with Gasteiger partial charge in [0.25, 0.3) is 0 Å². The van der Waals surface area contributed by atoms with Crippen molar-refractivity contribution >= 4 is 11.6 Å². The standard InChI is InChI=1S/C13H14ClN3O2/c1-8-12(14)13(10-3-5-15-6-4-10)16-17(8)7-11-18-9(2)19-11/h3-6,9,11H,7H2,1-2H3. The summed E-state index contributed by atoms with van der Waals surface area (Å²) < 4.78 is 12.6. The quantitative estimate of drug-likeness (QED) is 0.867. The number of hydrogen-bond donors (Lipinski definition) is 0. The van der Waals surface area contributed by atoms with Gasteiger partial charge in [-0.15, -0.1) is 0 Å². The molecule has 0 amide bonds. The normalized spacial score (nSPS) is 22.3. The molecule has 1 aliphatic rings. The van der Waals surface area contributed by atoms with Crippen LogP contribution < -0.4 is 0 Å². The van der Waals surface area contributed by atoms with Gasteiger partial charge in [-0.3, -0.25) is 9.67 Å². The predicted molar refractivity (Wildman–Crippen MR) is 70.6 cm³/mol. The Morgan fingerprint density at radius 3 is 2.63 bits per heavy atom. The molecule has 6 heteroatoms. The predicted octanol–water partition coefficient (Wildman–Crippen LogP) is 2.63. The Morgan fingerprint density at radius 1 is 1.32 bits per heavy atom. The number of nitrogens with zero attached hydrogens (tertiary/aromatic N) is 3. The molecule has 0 aliphatic carbocycles. The van der Waals surface area contributed by atoms with Gasteiger partial charge in [-0.25, -0.2) is 0 Å². The third kappa shape index (κ3) is 2.36. The maximum Gasteiger partial charge on any atom is 0.183 e. The van der Waals surface area contributed by atoms with Gasteiger partial charge in [0.15, 0.2) is 12.6 Å². The minimum Gasteiger partial charge on any atom is -0.322 e. The SMILES string of the molecule is Cc1c(Cl)c(-c2ccncc2)nn1CC1OC(C)O1. The van der Waals surface area contributed by atoms with E-state index in [1.807, 2.05) is 30.7 Å². The summed E-state index contributed by atoms with van der Waals surface area (Å²) in [5, 5.41) is 5.17. The van der Waals surface area contributed by atoms with E-state index >= 15 is 0 Å². The Balaban J connectivity index is 1.87. The molecule has 0 N–H and O–H groups in total. The second kappa shape index (κ2) is 4.92. The van der Waals surface area contributed by atoms with E-state index in [-0.39, 0.29) is 12.6 Å². The molecule has 0 spiro atoms. The van der Waals surface area contributed by atoms with Crippen molar-refractivity contribution in [2.75, 3.05) is 0 Å². The fourth-order valence-corrected chi connectivity index (χ4v) is 2.31. The van der Waals surface area contributed by atoms with Gasteiger partial charge >= 0.3 is 0 Å². The van der Waals surface area contributed by atoms with Crippen molar-refractivity contribution in [2.24, 2.45) is 0 Å². The minimum atomic E-state index is -0.241. The average molecular weight is 280 g/mol. The average Bonchev–Trinajstić information content (AvgIpc) is 2.66.